The summed E-state index contributed by atoms with van der Waals surface area (Å²) in [6.45, 7) is 1.66. The summed E-state index contributed by atoms with van der Waals surface area (Å²) in [5.41, 5.74) is 4.08. The van der Waals surface area contributed by atoms with Gasteiger partial charge in [0.2, 0.25) is 0 Å². The molecule has 0 unspecified atom stereocenters. The molecule has 0 bridgehead atoms. The second kappa shape index (κ2) is 6.36. The fourth-order valence-corrected chi connectivity index (χ4v) is 2.69. The molecule has 0 atom stereocenters. The van der Waals surface area contributed by atoms with Gasteiger partial charge in [-0.05, 0) is 23.8 Å². The lowest BCUT2D eigenvalue weighted by Gasteiger charge is -2.05. The first kappa shape index (κ1) is 12.8. The Kier molecular flexibility index (Phi) is 4.80. The molecule has 0 amide bonds. The van der Waals surface area contributed by atoms with Crippen LogP contribution in [0.4, 0.5) is 0 Å². The van der Waals surface area contributed by atoms with Crippen molar-refractivity contribution in [3.8, 4) is 0 Å². The molecular formula is C12H12Cl2N2S. The average Bonchev–Trinajstić information content (AvgIpc) is 2.76. The van der Waals surface area contributed by atoms with Crippen molar-refractivity contribution in [1.29, 1.82) is 0 Å². The van der Waals surface area contributed by atoms with E-state index in [1.165, 1.54) is 0 Å². The van der Waals surface area contributed by atoms with Crippen molar-refractivity contribution < 1.29 is 0 Å². The summed E-state index contributed by atoms with van der Waals surface area (Å²) < 4.78 is 0. The minimum atomic E-state index is 0.675. The SMILES string of the molecule is Clc1cc(Cl)cc(CNCCc2cscn2)c1. The summed E-state index contributed by atoms with van der Waals surface area (Å²) in [7, 11) is 0. The minimum absolute atomic E-state index is 0.675. The molecule has 0 aliphatic carbocycles. The molecule has 1 heterocycles. The summed E-state index contributed by atoms with van der Waals surface area (Å²) in [5.74, 6) is 0. The van der Waals surface area contributed by atoms with Crippen LogP contribution in [0.5, 0.6) is 0 Å². The third-order valence-electron chi connectivity index (χ3n) is 2.29. The van der Waals surface area contributed by atoms with Crippen LogP contribution in [0.1, 0.15) is 11.3 Å². The second-order valence-corrected chi connectivity index (χ2v) is 5.28. The van der Waals surface area contributed by atoms with Crippen molar-refractivity contribution in [3.63, 3.8) is 0 Å². The second-order valence-electron chi connectivity index (χ2n) is 3.68. The zero-order valence-electron chi connectivity index (χ0n) is 9.12. The summed E-state index contributed by atoms with van der Waals surface area (Å²) in [6.07, 6.45) is 0.942. The maximum Gasteiger partial charge on any atom is 0.0794 e. The molecule has 0 saturated heterocycles. The van der Waals surface area contributed by atoms with Crippen LogP contribution in [0.3, 0.4) is 0 Å². The lowest BCUT2D eigenvalue weighted by Crippen LogP contribution is -2.16. The third-order valence-corrected chi connectivity index (χ3v) is 3.36. The smallest absolute Gasteiger partial charge is 0.0794 e. The monoisotopic (exact) mass is 286 g/mol. The van der Waals surface area contributed by atoms with Crippen LogP contribution in [0.25, 0.3) is 0 Å². The molecule has 1 aromatic heterocycles. The van der Waals surface area contributed by atoms with Crippen LogP contribution in [0.2, 0.25) is 10.0 Å². The van der Waals surface area contributed by atoms with E-state index >= 15 is 0 Å². The van der Waals surface area contributed by atoms with Crippen LogP contribution >= 0.6 is 34.5 Å². The van der Waals surface area contributed by atoms with Crippen LogP contribution < -0.4 is 5.32 Å². The minimum Gasteiger partial charge on any atom is -0.312 e. The molecule has 0 radical (unpaired) electrons. The molecule has 0 aliphatic rings. The zero-order valence-corrected chi connectivity index (χ0v) is 11.4. The maximum absolute atomic E-state index is 5.92. The molecule has 5 heteroatoms. The molecule has 90 valence electrons. The molecule has 17 heavy (non-hydrogen) atoms. The summed E-state index contributed by atoms with van der Waals surface area (Å²) in [6, 6.07) is 5.58. The Morgan fingerprint density at radius 1 is 1.18 bits per heavy atom. The number of benzene rings is 1. The van der Waals surface area contributed by atoms with E-state index in [9.17, 15) is 0 Å². The quantitative estimate of drug-likeness (QED) is 0.846. The highest BCUT2D eigenvalue weighted by Gasteiger charge is 1.99. The summed E-state index contributed by atoms with van der Waals surface area (Å²) in [4.78, 5) is 4.23. The topological polar surface area (TPSA) is 24.9 Å². The Morgan fingerprint density at radius 2 is 1.94 bits per heavy atom. The van der Waals surface area contributed by atoms with Gasteiger partial charge < -0.3 is 5.32 Å². The molecule has 2 rings (SSSR count). The number of rotatable bonds is 5. The normalized spacial score (nSPS) is 10.7. The van der Waals surface area contributed by atoms with E-state index in [4.69, 9.17) is 23.2 Å². The highest BCUT2D eigenvalue weighted by molar-refractivity contribution is 7.07. The van der Waals surface area contributed by atoms with Crippen LogP contribution in [-0.2, 0) is 13.0 Å². The van der Waals surface area contributed by atoms with E-state index < -0.39 is 0 Å². The van der Waals surface area contributed by atoms with E-state index in [1.54, 1.807) is 17.4 Å². The Hall–Kier alpha value is -0.610. The molecule has 0 spiro atoms. The Morgan fingerprint density at radius 3 is 2.59 bits per heavy atom. The molecule has 2 nitrogen and oxygen atoms in total. The van der Waals surface area contributed by atoms with Crippen molar-refractivity contribution in [2.75, 3.05) is 6.54 Å². The fraction of sp³-hybridized carbons (Fsp3) is 0.250. The lowest BCUT2D eigenvalue weighted by atomic mass is 10.2. The highest BCUT2D eigenvalue weighted by Crippen LogP contribution is 2.18. The summed E-state index contributed by atoms with van der Waals surface area (Å²) in [5, 5.41) is 6.76. The standard InChI is InChI=1S/C12H12Cl2N2S/c13-10-3-9(4-11(14)5-10)6-15-2-1-12-7-17-8-16-12/h3-5,7-8,15H,1-2,6H2. The van der Waals surface area contributed by atoms with Gasteiger partial charge in [0.15, 0.2) is 0 Å². The van der Waals surface area contributed by atoms with Gasteiger partial charge in [-0.3, -0.25) is 0 Å². The van der Waals surface area contributed by atoms with Crippen LogP contribution in [-0.4, -0.2) is 11.5 Å². The van der Waals surface area contributed by atoms with Gasteiger partial charge in [0.1, 0.15) is 0 Å². The van der Waals surface area contributed by atoms with Gasteiger partial charge in [-0.25, -0.2) is 4.98 Å². The molecule has 1 aromatic carbocycles. The number of thiazole rings is 1. The van der Waals surface area contributed by atoms with Crippen molar-refractivity contribution in [1.82, 2.24) is 10.3 Å². The molecular weight excluding hydrogens is 275 g/mol. The largest absolute Gasteiger partial charge is 0.312 e. The van der Waals surface area contributed by atoms with Gasteiger partial charge >= 0.3 is 0 Å². The Balaban J connectivity index is 1.78. The molecule has 0 aliphatic heterocycles. The number of aromatic nitrogens is 1. The first-order chi connectivity index (χ1) is 8.24. The van der Waals surface area contributed by atoms with Crippen molar-refractivity contribution in [3.05, 3.63) is 50.4 Å². The molecule has 2 aromatic rings. The predicted octanol–water partition coefficient (Wildman–Crippen LogP) is 3.78. The van der Waals surface area contributed by atoms with Crippen molar-refractivity contribution in [2.24, 2.45) is 0 Å². The van der Waals surface area contributed by atoms with E-state index in [1.807, 2.05) is 17.6 Å². The zero-order chi connectivity index (χ0) is 12.1. The van der Waals surface area contributed by atoms with Gasteiger partial charge in [0.05, 0.1) is 11.2 Å². The maximum atomic E-state index is 5.92. The number of halogens is 2. The van der Waals surface area contributed by atoms with Crippen molar-refractivity contribution in [2.45, 2.75) is 13.0 Å². The third kappa shape index (κ3) is 4.28. The van der Waals surface area contributed by atoms with Crippen molar-refractivity contribution >= 4 is 34.5 Å². The molecule has 0 fully saturated rings. The van der Waals surface area contributed by atoms with Crippen LogP contribution in [0.15, 0.2) is 29.1 Å². The number of nitrogens with zero attached hydrogens (tertiary/aromatic N) is 1. The van der Waals surface area contributed by atoms with Gasteiger partial charge in [-0.15, -0.1) is 11.3 Å². The van der Waals surface area contributed by atoms with E-state index in [-0.39, 0.29) is 0 Å². The summed E-state index contributed by atoms with van der Waals surface area (Å²) >= 11 is 13.5. The van der Waals surface area contributed by atoms with E-state index in [0.717, 1.165) is 30.8 Å². The highest BCUT2D eigenvalue weighted by atomic mass is 35.5. The van der Waals surface area contributed by atoms with E-state index in [2.05, 4.69) is 15.7 Å². The predicted molar refractivity (Wildman–Crippen MR) is 74.0 cm³/mol. The van der Waals surface area contributed by atoms with E-state index in [0.29, 0.717) is 10.0 Å². The Labute approximate surface area is 115 Å². The van der Waals surface area contributed by atoms with Crippen LogP contribution in [0, 0.1) is 0 Å². The molecule has 0 saturated carbocycles. The lowest BCUT2D eigenvalue weighted by molar-refractivity contribution is 0.681. The van der Waals surface area contributed by atoms with Gasteiger partial charge in [-0.2, -0.15) is 0 Å². The van der Waals surface area contributed by atoms with Gasteiger partial charge in [0, 0.05) is 34.9 Å². The number of hydrogen-bond acceptors (Lipinski definition) is 3. The molecule has 1 N–H and O–H groups in total. The number of hydrogen-bond donors (Lipinski definition) is 1. The number of nitrogens with one attached hydrogen (secondary N) is 1. The average molecular weight is 287 g/mol. The van der Waals surface area contributed by atoms with Gasteiger partial charge in [-0.1, -0.05) is 23.2 Å². The Bertz CT molecular complexity index is 451. The fourth-order valence-electron chi connectivity index (χ4n) is 1.52. The first-order valence-electron chi connectivity index (χ1n) is 5.27. The first-order valence-corrected chi connectivity index (χ1v) is 6.96. The van der Waals surface area contributed by atoms with Gasteiger partial charge in [0.25, 0.3) is 0 Å².